The van der Waals surface area contributed by atoms with Gasteiger partial charge < -0.3 is 0 Å². The van der Waals surface area contributed by atoms with Crippen LogP contribution in [0.15, 0.2) is 28.7 Å². The van der Waals surface area contributed by atoms with Gasteiger partial charge in [-0.3, -0.25) is 14.9 Å². The van der Waals surface area contributed by atoms with E-state index in [0.29, 0.717) is 11.1 Å². The molecule has 0 fully saturated rings. The fraction of sp³-hybridized carbons (Fsp3) is 0.250. The lowest BCUT2D eigenvalue weighted by Gasteiger charge is -2.11. The second kappa shape index (κ2) is 7.11. The highest BCUT2D eigenvalue weighted by molar-refractivity contribution is 7.10. The Balaban J connectivity index is 1.70. The Morgan fingerprint density at radius 2 is 2.17 bits per heavy atom. The van der Waals surface area contributed by atoms with E-state index in [-0.39, 0.29) is 16.6 Å². The van der Waals surface area contributed by atoms with Crippen LogP contribution in [0.3, 0.4) is 0 Å². The third kappa shape index (κ3) is 3.47. The molecule has 24 heavy (non-hydrogen) atoms. The highest BCUT2D eigenvalue weighted by Crippen LogP contribution is 2.30. The summed E-state index contributed by atoms with van der Waals surface area (Å²) in [5, 5.41) is 16.7. The van der Waals surface area contributed by atoms with Crippen LogP contribution in [-0.2, 0) is 12.8 Å². The van der Waals surface area contributed by atoms with Gasteiger partial charge in [-0.2, -0.15) is 5.10 Å². The van der Waals surface area contributed by atoms with Crippen molar-refractivity contribution in [2.45, 2.75) is 25.7 Å². The number of rotatable bonds is 4. The molecule has 1 heterocycles. The Morgan fingerprint density at radius 1 is 1.38 bits per heavy atom. The number of hydrogen-bond acceptors (Lipinski definition) is 5. The van der Waals surface area contributed by atoms with E-state index in [4.69, 9.17) is 11.6 Å². The van der Waals surface area contributed by atoms with Gasteiger partial charge in [-0.1, -0.05) is 17.7 Å². The molecule has 1 aromatic carbocycles. The van der Waals surface area contributed by atoms with Crippen LogP contribution in [0.2, 0.25) is 5.02 Å². The lowest BCUT2D eigenvalue weighted by molar-refractivity contribution is -0.384. The first-order chi connectivity index (χ1) is 11.6. The quantitative estimate of drug-likeness (QED) is 0.507. The number of nitro benzene ring substituents is 1. The predicted molar refractivity (Wildman–Crippen MR) is 94.1 cm³/mol. The Hall–Kier alpha value is -2.25. The van der Waals surface area contributed by atoms with Crippen molar-refractivity contribution in [2.24, 2.45) is 5.10 Å². The van der Waals surface area contributed by atoms with E-state index in [2.05, 4.69) is 10.5 Å². The van der Waals surface area contributed by atoms with Gasteiger partial charge in [0.15, 0.2) is 0 Å². The minimum Gasteiger partial charge on any atom is -0.267 e. The van der Waals surface area contributed by atoms with Gasteiger partial charge in [-0.15, -0.1) is 11.3 Å². The number of halogens is 1. The van der Waals surface area contributed by atoms with E-state index in [1.54, 1.807) is 17.4 Å². The van der Waals surface area contributed by atoms with Gasteiger partial charge in [0.25, 0.3) is 11.6 Å². The molecule has 124 valence electrons. The Kier molecular flexibility index (Phi) is 4.92. The minimum absolute atomic E-state index is 0.0612. The SMILES string of the molecule is O=C(NN=Cc1ccc(Cl)c([N+](=O)[O-])c1)c1csc2c1CCCC2. The lowest BCUT2D eigenvalue weighted by atomic mass is 9.96. The number of fused-ring (bicyclic) bond motifs is 1. The maximum Gasteiger partial charge on any atom is 0.288 e. The number of nitro groups is 1. The third-order valence-electron chi connectivity index (χ3n) is 3.85. The number of nitrogens with one attached hydrogen (secondary N) is 1. The molecule has 0 unspecified atom stereocenters. The Bertz CT molecular complexity index is 832. The van der Waals surface area contributed by atoms with E-state index in [9.17, 15) is 14.9 Å². The Morgan fingerprint density at radius 3 is 2.96 bits per heavy atom. The molecule has 0 atom stereocenters. The zero-order chi connectivity index (χ0) is 17.1. The largest absolute Gasteiger partial charge is 0.288 e. The van der Waals surface area contributed by atoms with Crippen molar-refractivity contribution < 1.29 is 9.72 Å². The summed E-state index contributed by atoms with van der Waals surface area (Å²) in [6.45, 7) is 0. The number of aryl methyl sites for hydroxylation is 1. The Labute approximate surface area is 147 Å². The van der Waals surface area contributed by atoms with Crippen molar-refractivity contribution in [3.05, 3.63) is 60.3 Å². The van der Waals surface area contributed by atoms with Crippen LogP contribution in [0.5, 0.6) is 0 Å². The van der Waals surface area contributed by atoms with Crippen LogP contribution in [0.4, 0.5) is 5.69 Å². The van der Waals surface area contributed by atoms with Crippen LogP contribution in [0.1, 0.15) is 39.2 Å². The molecule has 2 aromatic rings. The summed E-state index contributed by atoms with van der Waals surface area (Å²) in [5.74, 6) is -0.255. The van der Waals surface area contributed by atoms with Gasteiger partial charge in [0, 0.05) is 21.9 Å². The number of nitrogens with zero attached hydrogens (tertiary/aromatic N) is 2. The van der Waals surface area contributed by atoms with Gasteiger partial charge in [0.1, 0.15) is 5.02 Å². The molecule has 0 spiro atoms. The van der Waals surface area contributed by atoms with Gasteiger partial charge in [-0.05, 0) is 37.3 Å². The third-order valence-corrected chi connectivity index (χ3v) is 5.26. The molecule has 0 saturated carbocycles. The number of carbonyl (C=O) groups excluding carboxylic acids is 1. The fourth-order valence-electron chi connectivity index (χ4n) is 2.66. The molecular formula is C16H14ClN3O3S. The summed E-state index contributed by atoms with van der Waals surface area (Å²) < 4.78 is 0. The molecule has 3 rings (SSSR count). The highest BCUT2D eigenvalue weighted by atomic mass is 35.5. The first-order valence-electron chi connectivity index (χ1n) is 7.43. The van der Waals surface area contributed by atoms with Crippen LogP contribution in [0, 0.1) is 10.1 Å². The van der Waals surface area contributed by atoms with Crippen molar-refractivity contribution in [1.82, 2.24) is 5.43 Å². The van der Waals surface area contributed by atoms with Gasteiger partial charge in [0.2, 0.25) is 0 Å². The van der Waals surface area contributed by atoms with E-state index >= 15 is 0 Å². The van der Waals surface area contributed by atoms with Crippen molar-refractivity contribution in [3.63, 3.8) is 0 Å². The van der Waals surface area contributed by atoms with Crippen molar-refractivity contribution >= 4 is 40.7 Å². The van der Waals surface area contributed by atoms with E-state index in [1.807, 2.05) is 5.38 Å². The van der Waals surface area contributed by atoms with E-state index < -0.39 is 4.92 Å². The zero-order valence-corrected chi connectivity index (χ0v) is 14.2. The summed E-state index contributed by atoms with van der Waals surface area (Å²) in [6.07, 6.45) is 5.59. The molecule has 0 aliphatic heterocycles. The number of benzene rings is 1. The number of hydrazone groups is 1. The smallest absolute Gasteiger partial charge is 0.267 e. The molecule has 0 radical (unpaired) electrons. The van der Waals surface area contributed by atoms with Crippen molar-refractivity contribution in [3.8, 4) is 0 Å². The maximum atomic E-state index is 12.2. The van der Waals surface area contributed by atoms with Gasteiger partial charge >= 0.3 is 0 Å². The van der Waals surface area contributed by atoms with Crippen molar-refractivity contribution in [2.75, 3.05) is 0 Å². The average Bonchev–Trinajstić information content (AvgIpc) is 3.00. The monoisotopic (exact) mass is 363 g/mol. The standard InChI is InChI=1S/C16H14ClN3O3S/c17-13-6-5-10(7-14(13)20(22)23)8-18-19-16(21)12-9-24-15-4-2-1-3-11(12)15/h5-9H,1-4H2,(H,19,21). The maximum absolute atomic E-state index is 12.2. The summed E-state index contributed by atoms with van der Waals surface area (Å²) in [6, 6.07) is 4.33. The number of hydrogen-bond donors (Lipinski definition) is 1. The summed E-state index contributed by atoms with van der Waals surface area (Å²) >= 11 is 7.37. The molecule has 0 saturated heterocycles. The number of carbonyl (C=O) groups is 1. The first-order valence-corrected chi connectivity index (χ1v) is 8.68. The predicted octanol–water partition coefficient (Wildman–Crippen LogP) is 3.95. The normalized spacial score (nSPS) is 13.7. The number of amides is 1. The molecular weight excluding hydrogens is 350 g/mol. The molecule has 6 nitrogen and oxygen atoms in total. The second-order valence-corrected chi connectivity index (χ2v) is 6.80. The average molecular weight is 364 g/mol. The summed E-state index contributed by atoms with van der Waals surface area (Å²) in [5.41, 5.74) is 4.57. The molecule has 1 N–H and O–H groups in total. The molecule has 1 aliphatic carbocycles. The summed E-state index contributed by atoms with van der Waals surface area (Å²) in [7, 11) is 0. The van der Waals surface area contributed by atoms with Crippen LogP contribution in [-0.4, -0.2) is 17.0 Å². The van der Waals surface area contributed by atoms with Crippen LogP contribution < -0.4 is 5.43 Å². The molecule has 1 amide bonds. The fourth-order valence-corrected chi connectivity index (χ4v) is 3.97. The second-order valence-electron chi connectivity index (χ2n) is 5.43. The molecule has 1 aliphatic rings. The number of thiophene rings is 1. The first kappa shape index (κ1) is 16.6. The van der Waals surface area contributed by atoms with E-state index in [1.165, 1.54) is 29.6 Å². The van der Waals surface area contributed by atoms with Crippen LogP contribution in [0.25, 0.3) is 0 Å². The van der Waals surface area contributed by atoms with Gasteiger partial charge in [-0.25, -0.2) is 5.43 Å². The molecule has 8 heteroatoms. The van der Waals surface area contributed by atoms with Crippen LogP contribution >= 0.6 is 22.9 Å². The topological polar surface area (TPSA) is 84.6 Å². The molecule has 1 aromatic heterocycles. The molecule has 0 bridgehead atoms. The van der Waals surface area contributed by atoms with Crippen molar-refractivity contribution in [1.29, 1.82) is 0 Å². The van der Waals surface area contributed by atoms with E-state index in [0.717, 1.165) is 24.8 Å². The zero-order valence-electron chi connectivity index (χ0n) is 12.6. The van der Waals surface area contributed by atoms with Gasteiger partial charge in [0.05, 0.1) is 16.7 Å². The lowest BCUT2D eigenvalue weighted by Crippen LogP contribution is -2.19. The highest BCUT2D eigenvalue weighted by Gasteiger charge is 2.19. The summed E-state index contributed by atoms with van der Waals surface area (Å²) in [4.78, 5) is 23.8. The minimum atomic E-state index is -0.560.